The first-order valence-electron chi connectivity index (χ1n) is 10.2. The van der Waals surface area contributed by atoms with Crippen molar-refractivity contribution in [2.24, 2.45) is 7.05 Å². The standard InChI is InChI=1S/C23H28N4O3S/c1-4-5-7-18-10-12-21(13-11-18)25-31(29,30)22-9-6-8-20(14-22)23(28)26(2)16-19-15-24-27(3)17-19/h6,8-15,17,25H,4-5,7,16H2,1-3H3. The molecule has 0 radical (unpaired) electrons. The largest absolute Gasteiger partial charge is 0.337 e. The number of aromatic nitrogens is 2. The molecule has 2 aromatic carbocycles. The zero-order valence-corrected chi connectivity index (χ0v) is 18.9. The summed E-state index contributed by atoms with van der Waals surface area (Å²) in [6.45, 7) is 2.52. The molecule has 0 aliphatic carbocycles. The summed E-state index contributed by atoms with van der Waals surface area (Å²) in [4.78, 5) is 14.4. The van der Waals surface area contributed by atoms with E-state index in [1.54, 1.807) is 42.2 Å². The lowest BCUT2D eigenvalue weighted by Crippen LogP contribution is -2.26. The summed E-state index contributed by atoms with van der Waals surface area (Å²) in [5.41, 5.74) is 2.87. The molecule has 1 heterocycles. The number of benzene rings is 2. The third kappa shape index (κ3) is 5.95. The fourth-order valence-electron chi connectivity index (χ4n) is 3.25. The number of anilines is 1. The molecule has 1 N–H and O–H groups in total. The molecule has 0 saturated heterocycles. The van der Waals surface area contributed by atoms with Crippen molar-refractivity contribution >= 4 is 21.6 Å². The molecule has 0 atom stereocenters. The van der Waals surface area contributed by atoms with E-state index >= 15 is 0 Å². The van der Waals surface area contributed by atoms with Gasteiger partial charge in [0.1, 0.15) is 0 Å². The summed E-state index contributed by atoms with van der Waals surface area (Å²) in [6.07, 6.45) is 6.71. The molecule has 0 spiro atoms. The SMILES string of the molecule is CCCCc1ccc(NS(=O)(=O)c2cccc(C(=O)N(C)Cc3cnn(C)c3)c2)cc1. The summed E-state index contributed by atoms with van der Waals surface area (Å²) in [5.74, 6) is -0.263. The molecular weight excluding hydrogens is 412 g/mol. The van der Waals surface area contributed by atoms with Crippen LogP contribution in [0.25, 0.3) is 0 Å². The van der Waals surface area contributed by atoms with Crippen LogP contribution in [0.15, 0.2) is 65.8 Å². The third-order valence-electron chi connectivity index (χ3n) is 4.94. The van der Waals surface area contributed by atoms with Gasteiger partial charge in [-0.3, -0.25) is 14.2 Å². The molecule has 1 aromatic heterocycles. The maximum absolute atomic E-state index is 12.8. The summed E-state index contributed by atoms with van der Waals surface area (Å²) >= 11 is 0. The number of carbonyl (C=O) groups is 1. The number of sulfonamides is 1. The number of aryl methyl sites for hydroxylation is 2. The van der Waals surface area contributed by atoms with E-state index in [0.717, 1.165) is 24.8 Å². The normalized spacial score (nSPS) is 11.3. The van der Waals surface area contributed by atoms with Crippen molar-refractivity contribution < 1.29 is 13.2 Å². The fourth-order valence-corrected chi connectivity index (χ4v) is 4.35. The molecular formula is C23H28N4O3S. The van der Waals surface area contributed by atoms with Crippen LogP contribution in [0, 0.1) is 0 Å². The number of hydrogen-bond acceptors (Lipinski definition) is 4. The molecule has 0 saturated carbocycles. The van der Waals surface area contributed by atoms with E-state index in [1.807, 2.05) is 25.4 Å². The van der Waals surface area contributed by atoms with E-state index in [0.29, 0.717) is 17.8 Å². The van der Waals surface area contributed by atoms with E-state index in [1.165, 1.54) is 22.6 Å². The molecule has 8 heteroatoms. The van der Waals surface area contributed by atoms with E-state index < -0.39 is 10.0 Å². The van der Waals surface area contributed by atoms with Crippen molar-refractivity contribution in [2.75, 3.05) is 11.8 Å². The second-order valence-electron chi connectivity index (χ2n) is 7.62. The Balaban J connectivity index is 1.72. The smallest absolute Gasteiger partial charge is 0.261 e. The fraction of sp³-hybridized carbons (Fsp3) is 0.304. The van der Waals surface area contributed by atoms with E-state index in [4.69, 9.17) is 0 Å². The van der Waals surface area contributed by atoms with Gasteiger partial charge in [-0.2, -0.15) is 5.10 Å². The third-order valence-corrected chi connectivity index (χ3v) is 6.32. The molecule has 0 bridgehead atoms. The van der Waals surface area contributed by atoms with Gasteiger partial charge >= 0.3 is 0 Å². The van der Waals surface area contributed by atoms with Gasteiger partial charge in [-0.1, -0.05) is 31.5 Å². The maximum atomic E-state index is 12.8. The highest BCUT2D eigenvalue weighted by molar-refractivity contribution is 7.92. The van der Waals surface area contributed by atoms with Crippen molar-refractivity contribution in [3.05, 3.63) is 77.6 Å². The molecule has 0 fully saturated rings. The van der Waals surface area contributed by atoms with Gasteiger partial charge in [-0.05, 0) is 48.7 Å². The van der Waals surface area contributed by atoms with Gasteiger partial charge in [-0.15, -0.1) is 0 Å². The monoisotopic (exact) mass is 440 g/mol. The lowest BCUT2D eigenvalue weighted by atomic mass is 10.1. The number of rotatable bonds is 9. The summed E-state index contributed by atoms with van der Waals surface area (Å²) < 4.78 is 30.0. The predicted octanol–water partition coefficient (Wildman–Crippen LogP) is 3.84. The number of nitrogens with zero attached hydrogens (tertiary/aromatic N) is 3. The number of unbranched alkanes of at least 4 members (excludes halogenated alkanes) is 1. The van der Waals surface area contributed by atoms with Gasteiger partial charge in [0.2, 0.25) is 0 Å². The van der Waals surface area contributed by atoms with Gasteiger partial charge in [-0.25, -0.2) is 8.42 Å². The first-order chi connectivity index (χ1) is 14.8. The molecule has 164 valence electrons. The topological polar surface area (TPSA) is 84.3 Å². The van der Waals surface area contributed by atoms with Gasteiger partial charge < -0.3 is 4.90 Å². The second-order valence-corrected chi connectivity index (χ2v) is 9.30. The average molecular weight is 441 g/mol. The first kappa shape index (κ1) is 22.6. The van der Waals surface area contributed by atoms with Crippen LogP contribution in [0.4, 0.5) is 5.69 Å². The quantitative estimate of drug-likeness (QED) is 0.548. The lowest BCUT2D eigenvalue weighted by Gasteiger charge is -2.17. The highest BCUT2D eigenvalue weighted by atomic mass is 32.2. The predicted molar refractivity (Wildman–Crippen MR) is 121 cm³/mol. The summed E-state index contributed by atoms with van der Waals surface area (Å²) in [5, 5.41) is 4.10. The van der Waals surface area contributed by atoms with Crippen LogP contribution in [-0.2, 0) is 30.0 Å². The zero-order chi connectivity index (χ0) is 22.4. The number of amides is 1. The highest BCUT2D eigenvalue weighted by Gasteiger charge is 2.19. The van der Waals surface area contributed by atoms with Crippen LogP contribution in [0.1, 0.15) is 41.3 Å². The summed E-state index contributed by atoms with van der Waals surface area (Å²) in [7, 11) is -0.328. The molecule has 0 unspecified atom stereocenters. The van der Waals surface area contributed by atoms with Gasteiger partial charge in [0, 0.05) is 43.7 Å². The van der Waals surface area contributed by atoms with Crippen molar-refractivity contribution in [3.63, 3.8) is 0 Å². The Labute approximate surface area is 183 Å². The molecule has 3 rings (SSSR count). The van der Waals surface area contributed by atoms with E-state index in [-0.39, 0.29) is 10.8 Å². The second kappa shape index (κ2) is 9.78. The Hall–Kier alpha value is -3.13. The maximum Gasteiger partial charge on any atom is 0.261 e. The molecule has 1 amide bonds. The molecule has 7 nitrogen and oxygen atoms in total. The lowest BCUT2D eigenvalue weighted by molar-refractivity contribution is 0.0785. The van der Waals surface area contributed by atoms with Crippen LogP contribution >= 0.6 is 0 Å². The number of nitrogens with one attached hydrogen (secondary N) is 1. The van der Waals surface area contributed by atoms with Crippen molar-refractivity contribution in [1.82, 2.24) is 14.7 Å². The molecule has 31 heavy (non-hydrogen) atoms. The Morgan fingerprint density at radius 2 is 1.87 bits per heavy atom. The van der Waals surface area contributed by atoms with Crippen molar-refractivity contribution in [2.45, 2.75) is 37.6 Å². The molecule has 0 aliphatic rings. The minimum atomic E-state index is -3.81. The van der Waals surface area contributed by atoms with Crippen molar-refractivity contribution in [3.8, 4) is 0 Å². The Morgan fingerprint density at radius 1 is 1.13 bits per heavy atom. The van der Waals surface area contributed by atoms with E-state index in [2.05, 4.69) is 16.7 Å². The zero-order valence-electron chi connectivity index (χ0n) is 18.1. The van der Waals surface area contributed by atoms with Crippen molar-refractivity contribution in [1.29, 1.82) is 0 Å². The highest BCUT2D eigenvalue weighted by Crippen LogP contribution is 2.19. The van der Waals surface area contributed by atoms with Gasteiger partial charge in [0.15, 0.2) is 0 Å². The number of carbonyl (C=O) groups excluding carboxylic acids is 1. The van der Waals surface area contributed by atoms with Crippen LogP contribution in [0.3, 0.4) is 0 Å². The Kier molecular flexibility index (Phi) is 7.12. The first-order valence-corrected chi connectivity index (χ1v) is 11.7. The van der Waals surface area contributed by atoms with Gasteiger partial charge in [0.25, 0.3) is 15.9 Å². The Bertz CT molecular complexity index is 1140. The average Bonchev–Trinajstić information content (AvgIpc) is 3.17. The molecule has 3 aromatic rings. The van der Waals surface area contributed by atoms with E-state index in [9.17, 15) is 13.2 Å². The minimum Gasteiger partial charge on any atom is -0.337 e. The van der Waals surface area contributed by atoms with Gasteiger partial charge in [0.05, 0.1) is 11.1 Å². The van der Waals surface area contributed by atoms with Crippen LogP contribution in [0.5, 0.6) is 0 Å². The molecule has 0 aliphatic heterocycles. The Morgan fingerprint density at radius 3 is 2.52 bits per heavy atom. The van der Waals surface area contributed by atoms with Crippen LogP contribution < -0.4 is 4.72 Å². The number of hydrogen-bond donors (Lipinski definition) is 1. The van der Waals surface area contributed by atoms with Crippen LogP contribution in [-0.4, -0.2) is 36.1 Å². The summed E-state index contributed by atoms with van der Waals surface area (Å²) in [6, 6.07) is 13.5. The minimum absolute atomic E-state index is 0.0446. The van der Waals surface area contributed by atoms with Crippen LogP contribution in [0.2, 0.25) is 0 Å².